The minimum absolute atomic E-state index is 0.0861. The highest BCUT2D eigenvalue weighted by Gasteiger charge is 2.23. The number of H-pyrrole nitrogens is 1. The van der Waals surface area contributed by atoms with Crippen molar-refractivity contribution in [2.45, 2.75) is 26.4 Å². The number of rotatable bonds is 5. The Morgan fingerprint density at radius 1 is 1.24 bits per heavy atom. The van der Waals surface area contributed by atoms with Crippen LogP contribution in [-0.2, 0) is 19.5 Å². The third-order valence-corrected chi connectivity index (χ3v) is 5.33. The molecule has 3 heterocycles. The van der Waals surface area contributed by atoms with Gasteiger partial charge in [0.05, 0.1) is 25.5 Å². The van der Waals surface area contributed by atoms with Crippen LogP contribution in [0.25, 0.3) is 11.4 Å². The van der Waals surface area contributed by atoms with Crippen molar-refractivity contribution >= 4 is 0 Å². The molecule has 1 aromatic carbocycles. The van der Waals surface area contributed by atoms with Crippen LogP contribution >= 0.6 is 0 Å². The Bertz CT molecular complexity index is 1080. The lowest BCUT2D eigenvalue weighted by Gasteiger charge is -2.29. The number of ether oxygens (including phenoxy) is 2. The highest BCUT2D eigenvalue weighted by Crippen LogP contribution is 2.30. The first-order valence-electron chi connectivity index (χ1n) is 9.55. The van der Waals surface area contributed by atoms with Gasteiger partial charge in [0.25, 0.3) is 5.56 Å². The van der Waals surface area contributed by atoms with Crippen LogP contribution < -0.4 is 15.0 Å². The van der Waals surface area contributed by atoms with Crippen molar-refractivity contribution in [3.8, 4) is 22.9 Å². The van der Waals surface area contributed by atoms with E-state index in [4.69, 9.17) is 14.5 Å². The average molecular weight is 392 g/mol. The summed E-state index contributed by atoms with van der Waals surface area (Å²) in [5, 5.41) is 0. The molecule has 0 atom stereocenters. The predicted octanol–water partition coefficient (Wildman–Crippen LogP) is 2.72. The van der Waals surface area contributed by atoms with Crippen molar-refractivity contribution < 1.29 is 9.47 Å². The van der Waals surface area contributed by atoms with Gasteiger partial charge >= 0.3 is 0 Å². The van der Waals surface area contributed by atoms with Crippen molar-refractivity contribution in [3.63, 3.8) is 0 Å². The summed E-state index contributed by atoms with van der Waals surface area (Å²) in [6, 6.07) is 7.63. The topological polar surface area (TPSA) is 80.3 Å². The molecule has 29 heavy (non-hydrogen) atoms. The lowest BCUT2D eigenvalue weighted by atomic mass is 10.0. The largest absolute Gasteiger partial charge is 0.497 e. The molecule has 7 heteroatoms. The molecule has 7 nitrogen and oxygen atoms in total. The van der Waals surface area contributed by atoms with E-state index in [-0.39, 0.29) is 5.56 Å². The Labute approximate surface area is 169 Å². The van der Waals surface area contributed by atoms with Crippen LogP contribution in [0, 0.1) is 6.92 Å². The van der Waals surface area contributed by atoms with Crippen molar-refractivity contribution in [2.75, 3.05) is 20.8 Å². The number of aryl methyl sites for hydroxylation is 1. The van der Waals surface area contributed by atoms with E-state index in [0.717, 1.165) is 52.4 Å². The molecule has 1 aliphatic rings. The molecule has 0 radical (unpaired) electrons. The van der Waals surface area contributed by atoms with Gasteiger partial charge in [0.15, 0.2) is 0 Å². The van der Waals surface area contributed by atoms with Crippen LogP contribution in [0.5, 0.6) is 11.5 Å². The second-order valence-corrected chi connectivity index (χ2v) is 7.17. The van der Waals surface area contributed by atoms with E-state index in [0.29, 0.717) is 18.9 Å². The zero-order valence-corrected chi connectivity index (χ0v) is 16.9. The van der Waals surface area contributed by atoms with Gasteiger partial charge < -0.3 is 14.5 Å². The van der Waals surface area contributed by atoms with E-state index in [1.165, 1.54) is 0 Å². The molecule has 0 fully saturated rings. The van der Waals surface area contributed by atoms with Crippen molar-refractivity contribution in [1.82, 2.24) is 19.9 Å². The minimum atomic E-state index is -0.0861. The van der Waals surface area contributed by atoms with Crippen molar-refractivity contribution in [1.29, 1.82) is 0 Å². The standard InChI is InChI=1S/C22H24N4O3/c1-14-9-16(28-2)10-20(29-3)17(14)12-26-8-6-19-18(13-26)22(27)25-21(24-19)15-5-4-7-23-11-15/h4-5,7,9-11H,6,8,12-13H2,1-3H3,(H,24,25,27). The number of benzene rings is 1. The summed E-state index contributed by atoms with van der Waals surface area (Å²) in [5.41, 5.74) is 4.53. The van der Waals surface area contributed by atoms with Crippen LogP contribution in [0.4, 0.5) is 0 Å². The molecule has 150 valence electrons. The molecule has 0 saturated heterocycles. The van der Waals surface area contributed by atoms with E-state index in [1.807, 2.05) is 31.2 Å². The Balaban J connectivity index is 1.59. The van der Waals surface area contributed by atoms with Gasteiger partial charge in [-0.3, -0.25) is 14.7 Å². The molecule has 4 rings (SSSR count). The van der Waals surface area contributed by atoms with Gasteiger partial charge in [-0.15, -0.1) is 0 Å². The molecule has 0 amide bonds. The molecule has 0 saturated carbocycles. The number of pyridine rings is 1. The Morgan fingerprint density at radius 2 is 2.10 bits per heavy atom. The zero-order valence-electron chi connectivity index (χ0n) is 16.9. The number of methoxy groups -OCH3 is 2. The first kappa shape index (κ1) is 19.1. The van der Waals surface area contributed by atoms with Gasteiger partial charge in [0.2, 0.25) is 0 Å². The summed E-state index contributed by atoms with van der Waals surface area (Å²) in [6.45, 7) is 4.12. The van der Waals surface area contributed by atoms with E-state index < -0.39 is 0 Å². The summed E-state index contributed by atoms with van der Waals surface area (Å²) < 4.78 is 10.9. The minimum Gasteiger partial charge on any atom is -0.497 e. The maximum Gasteiger partial charge on any atom is 0.255 e. The summed E-state index contributed by atoms with van der Waals surface area (Å²) in [6.07, 6.45) is 4.13. The number of nitrogens with zero attached hydrogens (tertiary/aromatic N) is 3. The van der Waals surface area contributed by atoms with Crippen LogP contribution in [0.15, 0.2) is 41.5 Å². The molecule has 1 aliphatic heterocycles. The predicted molar refractivity (Wildman–Crippen MR) is 110 cm³/mol. The Morgan fingerprint density at radius 3 is 2.83 bits per heavy atom. The number of hydrogen-bond acceptors (Lipinski definition) is 6. The zero-order chi connectivity index (χ0) is 20.4. The number of hydrogen-bond donors (Lipinski definition) is 1. The van der Waals surface area contributed by atoms with Crippen LogP contribution in [0.1, 0.15) is 22.4 Å². The van der Waals surface area contributed by atoms with Gasteiger partial charge in [-0.05, 0) is 30.7 Å². The molecule has 0 spiro atoms. The van der Waals surface area contributed by atoms with Gasteiger partial charge in [-0.2, -0.15) is 0 Å². The number of aromatic amines is 1. The van der Waals surface area contributed by atoms with Crippen LogP contribution in [0.2, 0.25) is 0 Å². The number of nitrogens with one attached hydrogen (secondary N) is 1. The first-order valence-corrected chi connectivity index (χ1v) is 9.55. The highest BCUT2D eigenvalue weighted by molar-refractivity contribution is 5.53. The monoisotopic (exact) mass is 392 g/mol. The van der Waals surface area contributed by atoms with Gasteiger partial charge in [0.1, 0.15) is 17.3 Å². The Kier molecular flexibility index (Phi) is 5.31. The van der Waals surface area contributed by atoms with Crippen LogP contribution in [-0.4, -0.2) is 40.6 Å². The fourth-order valence-electron chi connectivity index (χ4n) is 3.73. The molecule has 3 aromatic rings. The summed E-state index contributed by atoms with van der Waals surface area (Å²) in [4.78, 5) is 26.7. The molecule has 0 bridgehead atoms. The normalized spacial score (nSPS) is 13.8. The van der Waals surface area contributed by atoms with E-state index in [2.05, 4.69) is 14.9 Å². The van der Waals surface area contributed by atoms with Gasteiger partial charge in [0, 0.05) is 55.6 Å². The molecule has 0 aliphatic carbocycles. The third-order valence-electron chi connectivity index (χ3n) is 5.33. The number of aromatic nitrogens is 3. The maximum atomic E-state index is 12.7. The second-order valence-electron chi connectivity index (χ2n) is 7.17. The van der Waals surface area contributed by atoms with E-state index in [9.17, 15) is 4.79 Å². The highest BCUT2D eigenvalue weighted by atomic mass is 16.5. The first-order chi connectivity index (χ1) is 14.1. The van der Waals surface area contributed by atoms with E-state index >= 15 is 0 Å². The average Bonchev–Trinajstić information content (AvgIpc) is 2.75. The SMILES string of the molecule is COc1cc(C)c(CN2CCc3nc(-c4cccnc4)[nH]c(=O)c3C2)c(OC)c1. The molecular weight excluding hydrogens is 368 g/mol. The summed E-state index contributed by atoms with van der Waals surface area (Å²) >= 11 is 0. The summed E-state index contributed by atoms with van der Waals surface area (Å²) in [7, 11) is 3.31. The van der Waals surface area contributed by atoms with Crippen molar-refractivity contribution in [2.24, 2.45) is 0 Å². The summed E-state index contributed by atoms with van der Waals surface area (Å²) in [5.74, 6) is 2.14. The van der Waals surface area contributed by atoms with Crippen LogP contribution in [0.3, 0.4) is 0 Å². The third kappa shape index (κ3) is 3.86. The molecule has 1 N–H and O–H groups in total. The smallest absolute Gasteiger partial charge is 0.255 e. The molecule has 2 aromatic heterocycles. The second kappa shape index (κ2) is 8.05. The fraction of sp³-hybridized carbons (Fsp3) is 0.318. The maximum absolute atomic E-state index is 12.7. The fourth-order valence-corrected chi connectivity index (χ4v) is 3.73. The molecule has 0 unspecified atom stereocenters. The Hall–Kier alpha value is -3.19. The van der Waals surface area contributed by atoms with E-state index in [1.54, 1.807) is 26.6 Å². The van der Waals surface area contributed by atoms with Gasteiger partial charge in [-0.1, -0.05) is 0 Å². The van der Waals surface area contributed by atoms with Gasteiger partial charge in [-0.25, -0.2) is 4.98 Å². The number of fused-ring (bicyclic) bond motifs is 1. The quantitative estimate of drug-likeness (QED) is 0.719. The van der Waals surface area contributed by atoms with Crippen molar-refractivity contribution in [3.05, 3.63) is 69.4 Å². The lowest BCUT2D eigenvalue weighted by molar-refractivity contribution is 0.237. The molecular formula is C22H24N4O3. The lowest BCUT2D eigenvalue weighted by Crippen LogP contribution is -2.35.